The van der Waals surface area contributed by atoms with E-state index in [1.807, 2.05) is 0 Å². The van der Waals surface area contributed by atoms with Crippen molar-refractivity contribution >= 4 is 0 Å². The lowest BCUT2D eigenvalue weighted by atomic mass is 9.47. The largest absolute Gasteiger partial charge is 0.379 e. The number of unbranched alkanes of at least 4 members (excludes halogenated alkanes) is 9. The first-order chi connectivity index (χ1) is 30.2. The number of allylic oxidation sites excluding steroid dienone is 5. The van der Waals surface area contributed by atoms with Crippen molar-refractivity contribution in [2.75, 3.05) is 72.4 Å². The molecule has 0 bridgehead atoms. The molecule has 5 aliphatic rings. The second-order valence-electron chi connectivity index (χ2n) is 21.8. The van der Waals surface area contributed by atoms with Crippen molar-refractivity contribution in [2.24, 2.45) is 46.3 Å². The molecule has 0 spiro atoms. The Morgan fingerprint density at radius 1 is 0.742 bits per heavy atom. The first kappa shape index (κ1) is 52.0. The number of nitrogens with one attached hydrogen (secondary N) is 1. The minimum absolute atomic E-state index is 0.0913. The maximum absolute atomic E-state index is 6.52. The fraction of sp³-hybridized carbons (Fsp3) is 0.893. The van der Waals surface area contributed by atoms with Gasteiger partial charge < -0.3 is 24.3 Å². The number of rotatable bonds is 32. The van der Waals surface area contributed by atoms with Crippen molar-refractivity contribution < 1.29 is 18.9 Å². The standard InChI is InChI=1S/C56H100N2O4/c1-7-8-9-10-11-12-13-14-15-16-17-18-19-20-21-22-38-60-45-50(44-58-36-34-57-35-37-58)62-42-40-59-39-41-61-49-30-32-55(5)48(43-49)26-27-51-53-29-28-52(47(4)25-23-24-46(2)3)56(53,6)33-31-54(51)55/h11-12,14-15,26,46-47,49-54,57H,7-10,13,16-25,27-45H2,1-6H3/b12-11-,15-14-/t47?,49-,50?,51?,52-,53-,54?,55-,56+/m0/s1. The van der Waals surface area contributed by atoms with Gasteiger partial charge in [-0.2, -0.15) is 0 Å². The molecule has 1 saturated heterocycles. The zero-order valence-corrected chi connectivity index (χ0v) is 41.6. The quantitative estimate of drug-likeness (QED) is 0.0537. The summed E-state index contributed by atoms with van der Waals surface area (Å²) in [6.45, 7) is 24.3. The van der Waals surface area contributed by atoms with Gasteiger partial charge in [0.1, 0.15) is 0 Å². The smallest absolute Gasteiger partial charge is 0.0936 e. The highest BCUT2D eigenvalue weighted by Crippen LogP contribution is 2.67. The number of nitrogens with zero attached hydrogens (tertiary/aromatic N) is 1. The predicted molar refractivity (Wildman–Crippen MR) is 263 cm³/mol. The van der Waals surface area contributed by atoms with E-state index in [1.54, 1.807) is 5.57 Å². The van der Waals surface area contributed by atoms with E-state index in [4.69, 9.17) is 18.9 Å². The van der Waals surface area contributed by atoms with Crippen LogP contribution in [-0.4, -0.2) is 89.5 Å². The first-order valence-electron chi connectivity index (χ1n) is 27.1. The van der Waals surface area contributed by atoms with Crippen molar-refractivity contribution in [3.63, 3.8) is 0 Å². The van der Waals surface area contributed by atoms with Gasteiger partial charge in [-0.15, -0.1) is 0 Å². The van der Waals surface area contributed by atoms with Crippen LogP contribution in [0, 0.1) is 46.3 Å². The molecular formula is C56H100N2O4. The Kier molecular flexibility index (Phi) is 24.2. The molecule has 62 heavy (non-hydrogen) atoms. The summed E-state index contributed by atoms with van der Waals surface area (Å²) in [5, 5.41) is 3.48. The molecule has 5 rings (SSSR count). The van der Waals surface area contributed by atoms with Crippen LogP contribution in [0.15, 0.2) is 36.0 Å². The topological polar surface area (TPSA) is 52.2 Å². The highest BCUT2D eigenvalue weighted by molar-refractivity contribution is 5.25. The van der Waals surface area contributed by atoms with Gasteiger partial charge in [0.25, 0.3) is 0 Å². The molecule has 1 N–H and O–H groups in total. The number of hydrogen-bond donors (Lipinski definition) is 1. The summed E-state index contributed by atoms with van der Waals surface area (Å²) in [6.07, 6.45) is 42.8. The maximum atomic E-state index is 6.52. The molecule has 6 nitrogen and oxygen atoms in total. The first-order valence-corrected chi connectivity index (χ1v) is 27.1. The summed E-state index contributed by atoms with van der Waals surface area (Å²) in [5.41, 5.74) is 2.67. The number of ether oxygens (including phenoxy) is 4. The normalized spacial score (nSPS) is 30.2. The highest BCUT2D eigenvalue weighted by atomic mass is 16.6. The third-order valence-corrected chi connectivity index (χ3v) is 16.9. The molecule has 4 fully saturated rings. The van der Waals surface area contributed by atoms with E-state index in [9.17, 15) is 0 Å². The van der Waals surface area contributed by atoms with E-state index in [0.717, 1.165) is 94.1 Å². The van der Waals surface area contributed by atoms with Crippen LogP contribution < -0.4 is 5.32 Å². The fourth-order valence-corrected chi connectivity index (χ4v) is 13.2. The van der Waals surface area contributed by atoms with E-state index < -0.39 is 0 Å². The number of piperazine rings is 1. The number of fused-ring (bicyclic) bond motifs is 5. The second-order valence-corrected chi connectivity index (χ2v) is 21.8. The Balaban J connectivity index is 0.912. The van der Waals surface area contributed by atoms with Gasteiger partial charge in [-0.25, -0.2) is 0 Å². The molecule has 9 atom stereocenters. The molecule has 358 valence electrons. The average Bonchev–Trinajstić information content (AvgIpc) is 3.63. The third-order valence-electron chi connectivity index (χ3n) is 16.9. The van der Waals surface area contributed by atoms with E-state index >= 15 is 0 Å². The van der Waals surface area contributed by atoms with Gasteiger partial charge in [0, 0.05) is 39.3 Å². The third kappa shape index (κ3) is 16.7. The number of hydrogen-bond acceptors (Lipinski definition) is 6. The lowest BCUT2D eigenvalue weighted by Gasteiger charge is -2.58. The van der Waals surface area contributed by atoms with Crippen LogP contribution in [0.1, 0.15) is 189 Å². The van der Waals surface area contributed by atoms with Gasteiger partial charge in [0.15, 0.2) is 0 Å². The van der Waals surface area contributed by atoms with Crippen LogP contribution >= 0.6 is 0 Å². The van der Waals surface area contributed by atoms with Gasteiger partial charge in [0.2, 0.25) is 0 Å². The van der Waals surface area contributed by atoms with Crippen molar-refractivity contribution in [1.82, 2.24) is 10.2 Å². The summed E-state index contributed by atoms with van der Waals surface area (Å²) < 4.78 is 25.2. The van der Waals surface area contributed by atoms with Crippen LogP contribution in [0.3, 0.4) is 0 Å². The van der Waals surface area contributed by atoms with Crippen molar-refractivity contribution in [1.29, 1.82) is 0 Å². The van der Waals surface area contributed by atoms with Gasteiger partial charge in [-0.3, -0.25) is 4.90 Å². The lowest BCUT2D eigenvalue weighted by molar-refractivity contribution is -0.0736. The second kappa shape index (κ2) is 28.9. The summed E-state index contributed by atoms with van der Waals surface area (Å²) in [7, 11) is 0. The van der Waals surface area contributed by atoms with Gasteiger partial charge >= 0.3 is 0 Å². The van der Waals surface area contributed by atoms with Crippen LogP contribution in [-0.2, 0) is 18.9 Å². The monoisotopic (exact) mass is 865 g/mol. The molecular weight excluding hydrogens is 765 g/mol. The minimum atomic E-state index is 0.0913. The summed E-state index contributed by atoms with van der Waals surface area (Å²) in [4.78, 5) is 2.52. The summed E-state index contributed by atoms with van der Waals surface area (Å²) in [6, 6.07) is 0. The molecule has 6 heteroatoms. The summed E-state index contributed by atoms with van der Waals surface area (Å²) >= 11 is 0. The van der Waals surface area contributed by atoms with Crippen molar-refractivity contribution in [2.45, 2.75) is 201 Å². The average molecular weight is 865 g/mol. The summed E-state index contributed by atoms with van der Waals surface area (Å²) in [5.74, 6) is 5.35. The zero-order valence-electron chi connectivity index (χ0n) is 41.6. The van der Waals surface area contributed by atoms with Crippen LogP contribution in [0.2, 0.25) is 0 Å². The van der Waals surface area contributed by atoms with Gasteiger partial charge in [-0.1, -0.05) is 135 Å². The fourth-order valence-electron chi connectivity index (χ4n) is 13.2. The highest BCUT2D eigenvalue weighted by Gasteiger charge is 2.59. The molecule has 0 aromatic heterocycles. The molecule has 3 saturated carbocycles. The van der Waals surface area contributed by atoms with Crippen LogP contribution in [0.5, 0.6) is 0 Å². The molecule has 1 aliphatic heterocycles. The van der Waals surface area contributed by atoms with Gasteiger partial charge in [-0.05, 0) is 136 Å². The predicted octanol–water partition coefficient (Wildman–Crippen LogP) is 13.6. The molecule has 4 aliphatic carbocycles. The van der Waals surface area contributed by atoms with Gasteiger partial charge in [0.05, 0.1) is 45.2 Å². The molecule has 1 heterocycles. The zero-order chi connectivity index (χ0) is 43.9. The Bertz CT molecular complexity index is 1280. The Labute approximate surface area is 383 Å². The van der Waals surface area contributed by atoms with E-state index in [-0.39, 0.29) is 6.10 Å². The Hall–Kier alpha value is -1.02. The van der Waals surface area contributed by atoms with E-state index in [2.05, 4.69) is 82.1 Å². The Morgan fingerprint density at radius 3 is 2.26 bits per heavy atom. The maximum Gasteiger partial charge on any atom is 0.0936 e. The lowest BCUT2D eigenvalue weighted by Crippen LogP contribution is -2.51. The SMILES string of the molecule is CCCCC/C=C\C/C=C\CCCCCCCCOCC(CN1CCNCC1)OCCOCCO[C@H]1CC[C@@]2(C)C(=CCC3C2CC[C@]2(C)[C@H](C(C)CCCC(C)C)CC[C@@H]32)C1. The van der Waals surface area contributed by atoms with E-state index in [1.165, 1.54) is 128 Å². The molecule has 0 aromatic carbocycles. The molecule has 4 unspecified atom stereocenters. The van der Waals surface area contributed by atoms with Crippen molar-refractivity contribution in [3.8, 4) is 0 Å². The molecule has 0 amide bonds. The molecule has 0 aromatic rings. The van der Waals surface area contributed by atoms with E-state index in [0.29, 0.717) is 50.0 Å². The molecule has 0 radical (unpaired) electrons. The van der Waals surface area contributed by atoms with Crippen LogP contribution in [0.4, 0.5) is 0 Å². The Morgan fingerprint density at radius 2 is 1.48 bits per heavy atom. The minimum Gasteiger partial charge on any atom is -0.379 e. The van der Waals surface area contributed by atoms with Crippen molar-refractivity contribution in [3.05, 3.63) is 36.0 Å². The van der Waals surface area contributed by atoms with Crippen LogP contribution in [0.25, 0.3) is 0 Å².